The van der Waals surface area contributed by atoms with Gasteiger partial charge in [-0.05, 0) is 32.1 Å². The van der Waals surface area contributed by atoms with E-state index in [0.717, 1.165) is 19.1 Å². The van der Waals surface area contributed by atoms with Crippen molar-refractivity contribution >= 4 is 0 Å². The predicted octanol–water partition coefficient (Wildman–Crippen LogP) is 3.11. The summed E-state index contributed by atoms with van der Waals surface area (Å²) in [6.07, 6.45) is 7.89. The van der Waals surface area contributed by atoms with Crippen LogP contribution >= 0.6 is 0 Å². The molecule has 15 heavy (non-hydrogen) atoms. The van der Waals surface area contributed by atoms with Crippen molar-refractivity contribution in [1.29, 1.82) is 0 Å². The zero-order valence-corrected chi connectivity index (χ0v) is 10.6. The molecular weight excluding hydrogens is 186 g/mol. The van der Waals surface area contributed by atoms with E-state index in [1.165, 1.54) is 32.1 Å². The third kappa shape index (κ3) is 4.52. The molecule has 0 bridgehead atoms. The van der Waals surface area contributed by atoms with Gasteiger partial charge in [0.1, 0.15) is 0 Å². The van der Waals surface area contributed by atoms with Crippen LogP contribution in [0, 0.1) is 0 Å². The first kappa shape index (κ1) is 13.0. The van der Waals surface area contributed by atoms with Gasteiger partial charge in [0, 0.05) is 18.7 Å². The fourth-order valence-electron chi connectivity index (χ4n) is 2.40. The van der Waals surface area contributed by atoms with Crippen LogP contribution in [0.3, 0.4) is 0 Å². The lowest BCUT2D eigenvalue weighted by Crippen LogP contribution is -2.43. The van der Waals surface area contributed by atoms with Crippen LogP contribution in [0.5, 0.6) is 0 Å². The molecule has 1 heterocycles. The van der Waals surface area contributed by atoms with Crippen molar-refractivity contribution in [2.45, 2.75) is 77.5 Å². The molecule has 1 N–H and O–H groups in total. The highest BCUT2D eigenvalue weighted by atomic mass is 16.5. The Bertz CT molecular complexity index is 161. The highest BCUT2D eigenvalue weighted by Crippen LogP contribution is 2.17. The molecule has 1 rings (SSSR count). The molecule has 1 aliphatic rings. The Balaban J connectivity index is 2.29. The van der Waals surface area contributed by atoms with Gasteiger partial charge in [-0.2, -0.15) is 0 Å². The van der Waals surface area contributed by atoms with E-state index in [-0.39, 0.29) is 0 Å². The van der Waals surface area contributed by atoms with Crippen molar-refractivity contribution < 1.29 is 4.74 Å². The summed E-state index contributed by atoms with van der Waals surface area (Å²) in [6.45, 7) is 7.71. The molecule has 1 aliphatic heterocycles. The molecule has 0 aromatic heterocycles. The van der Waals surface area contributed by atoms with E-state index in [4.69, 9.17) is 4.74 Å². The van der Waals surface area contributed by atoms with Gasteiger partial charge in [-0.1, -0.05) is 27.2 Å². The summed E-state index contributed by atoms with van der Waals surface area (Å²) in [7, 11) is 0. The zero-order valence-electron chi connectivity index (χ0n) is 10.6. The summed E-state index contributed by atoms with van der Waals surface area (Å²) >= 11 is 0. The van der Waals surface area contributed by atoms with Gasteiger partial charge < -0.3 is 10.1 Å². The molecule has 0 radical (unpaired) electrons. The third-order valence-corrected chi connectivity index (χ3v) is 3.42. The van der Waals surface area contributed by atoms with Gasteiger partial charge in [0.2, 0.25) is 0 Å². The molecule has 1 saturated heterocycles. The van der Waals surface area contributed by atoms with Crippen molar-refractivity contribution in [3.63, 3.8) is 0 Å². The second kappa shape index (κ2) is 7.24. The number of ether oxygens (including phenoxy) is 1. The Morgan fingerprint density at radius 3 is 2.73 bits per heavy atom. The number of hydrogen-bond acceptors (Lipinski definition) is 2. The fraction of sp³-hybridized carbons (Fsp3) is 1.00. The van der Waals surface area contributed by atoms with E-state index < -0.39 is 0 Å². The van der Waals surface area contributed by atoms with E-state index in [1.807, 2.05) is 0 Å². The van der Waals surface area contributed by atoms with E-state index in [9.17, 15) is 0 Å². The molecule has 2 heteroatoms. The maximum Gasteiger partial charge on any atom is 0.0587 e. The van der Waals surface area contributed by atoms with E-state index in [0.29, 0.717) is 12.1 Å². The molecule has 0 aromatic carbocycles. The number of nitrogens with one attached hydrogen (secondary N) is 1. The maximum absolute atomic E-state index is 5.69. The summed E-state index contributed by atoms with van der Waals surface area (Å²) in [5.74, 6) is 0. The van der Waals surface area contributed by atoms with E-state index >= 15 is 0 Å². The van der Waals surface area contributed by atoms with Gasteiger partial charge in [0.05, 0.1) is 6.10 Å². The van der Waals surface area contributed by atoms with E-state index in [1.54, 1.807) is 0 Å². The highest BCUT2D eigenvalue weighted by molar-refractivity contribution is 4.79. The minimum Gasteiger partial charge on any atom is -0.378 e. The minimum absolute atomic E-state index is 0.496. The lowest BCUT2D eigenvalue weighted by atomic mass is 9.99. The lowest BCUT2D eigenvalue weighted by molar-refractivity contribution is -0.00220. The summed E-state index contributed by atoms with van der Waals surface area (Å²) in [4.78, 5) is 0. The van der Waals surface area contributed by atoms with Crippen LogP contribution in [0.4, 0.5) is 0 Å². The van der Waals surface area contributed by atoms with Gasteiger partial charge in [0.25, 0.3) is 0 Å². The molecule has 3 atom stereocenters. The van der Waals surface area contributed by atoms with Gasteiger partial charge in [0.15, 0.2) is 0 Å². The van der Waals surface area contributed by atoms with Crippen LogP contribution in [0.1, 0.15) is 59.3 Å². The molecule has 3 unspecified atom stereocenters. The zero-order chi connectivity index (χ0) is 11.1. The van der Waals surface area contributed by atoms with Crippen molar-refractivity contribution in [3.8, 4) is 0 Å². The van der Waals surface area contributed by atoms with Gasteiger partial charge >= 0.3 is 0 Å². The Hall–Kier alpha value is -0.0800. The molecule has 0 saturated carbocycles. The molecule has 0 aromatic rings. The van der Waals surface area contributed by atoms with E-state index in [2.05, 4.69) is 26.1 Å². The van der Waals surface area contributed by atoms with Gasteiger partial charge in [-0.3, -0.25) is 0 Å². The first-order valence-corrected chi connectivity index (χ1v) is 6.67. The van der Waals surface area contributed by atoms with Crippen molar-refractivity contribution in [2.75, 3.05) is 6.61 Å². The number of rotatable bonds is 6. The van der Waals surface area contributed by atoms with Gasteiger partial charge in [-0.15, -0.1) is 0 Å². The smallest absolute Gasteiger partial charge is 0.0587 e. The number of hydrogen-bond donors (Lipinski definition) is 1. The molecule has 0 aliphatic carbocycles. The standard InChI is InChI=1S/C13H27NO/c1-4-7-11(5-2)14-12-8-9-15-13(6-3)10-12/h11-14H,4-10H2,1-3H3. The molecule has 1 fully saturated rings. The molecule has 0 amide bonds. The largest absolute Gasteiger partial charge is 0.378 e. The average molecular weight is 213 g/mol. The normalized spacial score (nSPS) is 29.0. The average Bonchev–Trinajstić information content (AvgIpc) is 2.29. The van der Waals surface area contributed by atoms with Crippen molar-refractivity contribution in [3.05, 3.63) is 0 Å². The van der Waals surface area contributed by atoms with Crippen LogP contribution < -0.4 is 5.32 Å². The topological polar surface area (TPSA) is 21.3 Å². The molecule has 0 spiro atoms. The summed E-state index contributed by atoms with van der Waals surface area (Å²) in [5.41, 5.74) is 0. The van der Waals surface area contributed by atoms with Crippen LogP contribution in [-0.4, -0.2) is 24.8 Å². The Morgan fingerprint density at radius 1 is 1.33 bits per heavy atom. The van der Waals surface area contributed by atoms with Crippen LogP contribution in [0.2, 0.25) is 0 Å². The first-order valence-electron chi connectivity index (χ1n) is 6.67. The fourth-order valence-corrected chi connectivity index (χ4v) is 2.40. The second-order valence-corrected chi connectivity index (χ2v) is 4.68. The molecular formula is C13H27NO. The predicted molar refractivity (Wildman–Crippen MR) is 65.2 cm³/mol. The van der Waals surface area contributed by atoms with Crippen LogP contribution in [-0.2, 0) is 4.74 Å². The first-order chi connectivity index (χ1) is 7.30. The van der Waals surface area contributed by atoms with Crippen LogP contribution in [0.15, 0.2) is 0 Å². The third-order valence-electron chi connectivity index (χ3n) is 3.42. The monoisotopic (exact) mass is 213 g/mol. The second-order valence-electron chi connectivity index (χ2n) is 4.68. The summed E-state index contributed by atoms with van der Waals surface area (Å²) in [6, 6.07) is 1.41. The van der Waals surface area contributed by atoms with Crippen molar-refractivity contribution in [1.82, 2.24) is 5.32 Å². The highest BCUT2D eigenvalue weighted by Gasteiger charge is 2.22. The maximum atomic E-state index is 5.69. The minimum atomic E-state index is 0.496. The summed E-state index contributed by atoms with van der Waals surface area (Å²) in [5, 5.41) is 3.79. The molecule has 2 nitrogen and oxygen atoms in total. The molecule has 90 valence electrons. The Morgan fingerprint density at radius 2 is 2.13 bits per heavy atom. The lowest BCUT2D eigenvalue weighted by Gasteiger charge is -2.32. The Kier molecular flexibility index (Phi) is 6.26. The Labute approximate surface area is 94.8 Å². The quantitative estimate of drug-likeness (QED) is 0.732. The van der Waals surface area contributed by atoms with Gasteiger partial charge in [-0.25, -0.2) is 0 Å². The van der Waals surface area contributed by atoms with Crippen LogP contribution in [0.25, 0.3) is 0 Å². The summed E-state index contributed by atoms with van der Waals surface area (Å²) < 4.78 is 5.69. The SMILES string of the molecule is CCCC(CC)NC1CCOC(CC)C1. The van der Waals surface area contributed by atoms with Crippen molar-refractivity contribution in [2.24, 2.45) is 0 Å².